The summed E-state index contributed by atoms with van der Waals surface area (Å²) < 4.78 is 11.0. The molecule has 0 unspecified atom stereocenters. The van der Waals surface area contributed by atoms with Crippen LogP contribution >= 0.6 is 0 Å². The van der Waals surface area contributed by atoms with Gasteiger partial charge in [0.1, 0.15) is 17.6 Å². The van der Waals surface area contributed by atoms with Crippen LogP contribution in [0.2, 0.25) is 0 Å². The number of nitrogens with one attached hydrogen (secondary N) is 2. The Bertz CT molecular complexity index is 1470. The summed E-state index contributed by atoms with van der Waals surface area (Å²) in [5, 5.41) is 12.6. The Morgan fingerprint density at radius 3 is 2.53 bits per heavy atom. The van der Waals surface area contributed by atoms with Crippen LogP contribution in [0.3, 0.4) is 0 Å². The van der Waals surface area contributed by atoms with E-state index < -0.39 is 0 Å². The van der Waals surface area contributed by atoms with E-state index in [1.165, 1.54) is 5.56 Å². The van der Waals surface area contributed by atoms with Gasteiger partial charge in [-0.05, 0) is 85.1 Å². The van der Waals surface area contributed by atoms with Gasteiger partial charge in [-0.3, -0.25) is 4.79 Å². The average molecular weight is 508 g/mol. The second kappa shape index (κ2) is 11.2. The molecule has 2 heterocycles. The molecule has 5 rings (SSSR count). The number of hydrogen-bond donors (Lipinski definition) is 2. The molecule has 0 spiro atoms. The molecule has 8 heteroatoms. The van der Waals surface area contributed by atoms with Crippen LogP contribution in [0, 0.1) is 25.2 Å². The number of allylic oxidation sites excluding steroid dienone is 1. The predicted octanol–water partition coefficient (Wildman–Crippen LogP) is 5.10. The Hall–Kier alpha value is -4.61. The summed E-state index contributed by atoms with van der Waals surface area (Å²) in [4.78, 5) is 22.5. The lowest BCUT2D eigenvalue weighted by atomic mass is 10.1. The number of morpholine rings is 1. The number of ether oxygens (including phenoxy) is 2. The molecule has 0 atom stereocenters. The number of nitrogens with zero attached hydrogens (tertiary/aromatic N) is 3. The van der Waals surface area contributed by atoms with E-state index in [0.717, 1.165) is 59.8 Å². The van der Waals surface area contributed by atoms with Gasteiger partial charge in [-0.2, -0.15) is 5.26 Å². The molecule has 2 N–H and O–H groups in total. The van der Waals surface area contributed by atoms with Crippen LogP contribution in [0.25, 0.3) is 22.7 Å². The molecule has 1 aromatic heterocycles. The molecule has 1 aliphatic heterocycles. The lowest BCUT2D eigenvalue weighted by Gasteiger charge is -2.28. The van der Waals surface area contributed by atoms with Crippen molar-refractivity contribution < 1.29 is 14.3 Å². The van der Waals surface area contributed by atoms with Crippen molar-refractivity contribution in [3.63, 3.8) is 0 Å². The number of H-pyrrole nitrogens is 1. The highest BCUT2D eigenvalue weighted by Gasteiger charge is 2.12. The number of anilines is 2. The summed E-state index contributed by atoms with van der Waals surface area (Å²) >= 11 is 0. The van der Waals surface area contributed by atoms with E-state index in [0.29, 0.717) is 17.1 Å². The topological polar surface area (TPSA) is 103 Å². The molecular weight excluding hydrogens is 478 g/mol. The molecule has 192 valence electrons. The normalized spacial score (nSPS) is 13.8. The molecule has 1 amide bonds. The third-order valence-electron chi connectivity index (χ3n) is 6.56. The van der Waals surface area contributed by atoms with Crippen molar-refractivity contribution in [1.29, 1.82) is 5.26 Å². The number of aromatic amines is 1. The lowest BCUT2D eigenvalue weighted by Crippen LogP contribution is -2.36. The van der Waals surface area contributed by atoms with E-state index in [4.69, 9.17) is 9.47 Å². The van der Waals surface area contributed by atoms with Gasteiger partial charge < -0.3 is 24.7 Å². The van der Waals surface area contributed by atoms with E-state index in [1.54, 1.807) is 18.2 Å². The standard InChI is InChI=1S/C30H29N5O3/c1-20-15-27-28(16-21(20)2)34-30(33-27)23(18-31)17-22-3-9-26(10-4-22)38-19-29(36)32-24-5-7-25(8-6-24)35-11-13-37-14-12-35/h3-10,15-17H,11-14,19H2,1-2H3,(H,32,36)(H,33,34)/b23-17+. The van der Waals surface area contributed by atoms with Gasteiger partial charge in [-0.25, -0.2) is 4.98 Å². The molecular formula is C30H29N5O3. The summed E-state index contributed by atoms with van der Waals surface area (Å²) in [6.45, 7) is 7.17. The fourth-order valence-corrected chi connectivity index (χ4v) is 4.30. The van der Waals surface area contributed by atoms with Crippen LogP contribution in [-0.4, -0.2) is 48.8 Å². The van der Waals surface area contributed by atoms with Crippen molar-refractivity contribution in [2.24, 2.45) is 0 Å². The number of rotatable bonds is 7. The highest BCUT2D eigenvalue weighted by molar-refractivity contribution is 5.92. The van der Waals surface area contributed by atoms with Gasteiger partial charge in [-0.15, -0.1) is 0 Å². The van der Waals surface area contributed by atoms with E-state index in [-0.39, 0.29) is 12.5 Å². The zero-order valence-electron chi connectivity index (χ0n) is 21.5. The Labute approximate surface area is 221 Å². The largest absolute Gasteiger partial charge is 0.484 e. The van der Waals surface area contributed by atoms with Crippen LogP contribution in [0.1, 0.15) is 22.5 Å². The van der Waals surface area contributed by atoms with Crippen LogP contribution in [0.5, 0.6) is 5.75 Å². The molecule has 4 aromatic rings. The number of amides is 1. The lowest BCUT2D eigenvalue weighted by molar-refractivity contribution is -0.118. The first kappa shape index (κ1) is 25.1. The second-order valence-electron chi connectivity index (χ2n) is 9.26. The predicted molar refractivity (Wildman–Crippen MR) is 149 cm³/mol. The number of hydrogen-bond acceptors (Lipinski definition) is 6. The van der Waals surface area contributed by atoms with Gasteiger partial charge in [0.2, 0.25) is 0 Å². The van der Waals surface area contributed by atoms with E-state index >= 15 is 0 Å². The highest BCUT2D eigenvalue weighted by Crippen LogP contribution is 2.23. The molecule has 0 aliphatic carbocycles. The van der Waals surface area contributed by atoms with Crippen LogP contribution in [0.4, 0.5) is 11.4 Å². The third-order valence-corrected chi connectivity index (χ3v) is 6.56. The van der Waals surface area contributed by atoms with Gasteiger partial charge in [0.05, 0.1) is 29.8 Å². The summed E-state index contributed by atoms with van der Waals surface area (Å²) in [5.74, 6) is 0.853. The van der Waals surface area contributed by atoms with Crippen molar-refractivity contribution in [3.05, 3.63) is 83.2 Å². The minimum atomic E-state index is -0.241. The minimum absolute atomic E-state index is 0.109. The molecule has 1 saturated heterocycles. The number of carbonyl (C=O) groups is 1. The minimum Gasteiger partial charge on any atom is -0.484 e. The van der Waals surface area contributed by atoms with Crippen LogP contribution in [-0.2, 0) is 9.53 Å². The van der Waals surface area contributed by atoms with Crippen molar-refractivity contribution in [1.82, 2.24) is 9.97 Å². The number of aryl methyl sites for hydroxylation is 2. The quantitative estimate of drug-likeness (QED) is 0.338. The third kappa shape index (κ3) is 5.85. The number of fused-ring (bicyclic) bond motifs is 1. The van der Waals surface area contributed by atoms with Gasteiger partial charge in [0.25, 0.3) is 5.91 Å². The van der Waals surface area contributed by atoms with Crippen LogP contribution < -0.4 is 15.0 Å². The smallest absolute Gasteiger partial charge is 0.262 e. The molecule has 0 bridgehead atoms. The summed E-state index contributed by atoms with van der Waals surface area (Å²) in [5.41, 5.74) is 7.15. The zero-order valence-corrected chi connectivity index (χ0v) is 21.5. The molecule has 0 saturated carbocycles. The summed E-state index contributed by atoms with van der Waals surface area (Å²) in [7, 11) is 0. The van der Waals surface area contributed by atoms with E-state index in [1.807, 2.05) is 62.4 Å². The maximum Gasteiger partial charge on any atom is 0.262 e. The van der Waals surface area contributed by atoms with Gasteiger partial charge in [-0.1, -0.05) is 12.1 Å². The second-order valence-corrected chi connectivity index (χ2v) is 9.26. The van der Waals surface area contributed by atoms with Crippen molar-refractivity contribution in [2.75, 3.05) is 43.1 Å². The number of nitriles is 1. The number of benzene rings is 3. The van der Waals surface area contributed by atoms with E-state index in [2.05, 4.69) is 26.3 Å². The number of carbonyl (C=O) groups excluding carboxylic acids is 1. The number of aromatic nitrogens is 2. The first-order valence-corrected chi connectivity index (χ1v) is 12.5. The SMILES string of the molecule is Cc1cc2nc(/C(C#N)=C/c3ccc(OCC(=O)Nc4ccc(N5CCOCC5)cc4)cc3)[nH]c2cc1C. The first-order valence-electron chi connectivity index (χ1n) is 12.5. The van der Waals surface area contributed by atoms with Crippen LogP contribution in [0.15, 0.2) is 60.7 Å². The summed E-state index contributed by atoms with van der Waals surface area (Å²) in [6.07, 6.45) is 1.77. The molecule has 0 radical (unpaired) electrons. The molecule has 3 aromatic carbocycles. The molecule has 8 nitrogen and oxygen atoms in total. The molecule has 1 fully saturated rings. The molecule has 1 aliphatic rings. The highest BCUT2D eigenvalue weighted by atomic mass is 16.5. The van der Waals surface area contributed by atoms with Crippen molar-refractivity contribution in [3.8, 4) is 11.8 Å². The van der Waals surface area contributed by atoms with Crippen molar-refractivity contribution in [2.45, 2.75) is 13.8 Å². The maximum absolute atomic E-state index is 12.4. The Morgan fingerprint density at radius 2 is 1.82 bits per heavy atom. The zero-order chi connectivity index (χ0) is 26.5. The molecule has 38 heavy (non-hydrogen) atoms. The Kier molecular flexibility index (Phi) is 7.38. The maximum atomic E-state index is 12.4. The monoisotopic (exact) mass is 507 g/mol. The number of imidazole rings is 1. The average Bonchev–Trinajstić information content (AvgIpc) is 3.34. The van der Waals surface area contributed by atoms with Crippen molar-refractivity contribution >= 4 is 40.0 Å². The summed E-state index contributed by atoms with van der Waals surface area (Å²) in [6, 6.07) is 21.3. The van der Waals surface area contributed by atoms with E-state index in [9.17, 15) is 10.1 Å². The first-order chi connectivity index (χ1) is 18.5. The van der Waals surface area contributed by atoms with Gasteiger partial charge >= 0.3 is 0 Å². The fraction of sp³-hybridized carbons (Fsp3) is 0.233. The Morgan fingerprint density at radius 1 is 1.11 bits per heavy atom. The van der Waals surface area contributed by atoms with Gasteiger partial charge in [0.15, 0.2) is 6.61 Å². The Balaban J connectivity index is 1.17. The fourth-order valence-electron chi connectivity index (χ4n) is 4.30. The van der Waals surface area contributed by atoms with Gasteiger partial charge in [0, 0.05) is 24.5 Å².